The summed E-state index contributed by atoms with van der Waals surface area (Å²) in [6.07, 6.45) is 14.6. The molecular formula is C15H18. The van der Waals surface area contributed by atoms with Crippen molar-refractivity contribution in [2.75, 3.05) is 0 Å². The maximum atomic E-state index is 5.16. The predicted molar refractivity (Wildman–Crippen MR) is 64.1 cm³/mol. The molecule has 2 saturated carbocycles. The van der Waals surface area contributed by atoms with Crippen molar-refractivity contribution in [3.05, 3.63) is 11.1 Å². The molecule has 0 radical (unpaired) electrons. The molecule has 2 rings (SSSR count). The van der Waals surface area contributed by atoms with Gasteiger partial charge in [0.05, 0.1) is 0 Å². The van der Waals surface area contributed by atoms with E-state index in [4.69, 9.17) is 6.42 Å². The van der Waals surface area contributed by atoms with E-state index in [-0.39, 0.29) is 0 Å². The zero-order valence-corrected chi connectivity index (χ0v) is 9.31. The van der Waals surface area contributed by atoms with Gasteiger partial charge in [0.25, 0.3) is 0 Å². The first-order valence-electron chi connectivity index (χ1n) is 6.02. The first kappa shape index (κ1) is 10.4. The van der Waals surface area contributed by atoms with Crippen LogP contribution in [0.4, 0.5) is 0 Å². The lowest BCUT2D eigenvalue weighted by Gasteiger charge is -1.88. The van der Waals surface area contributed by atoms with Crippen molar-refractivity contribution in [3.8, 4) is 24.2 Å². The third-order valence-corrected chi connectivity index (χ3v) is 3.12. The summed E-state index contributed by atoms with van der Waals surface area (Å²) in [5.41, 5.74) is 3.55. The number of hydrogen-bond acceptors (Lipinski definition) is 0. The maximum absolute atomic E-state index is 5.16. The van der Waals surface area contributed by atoms with Crippen molar-refractivity contribution >= 4 is 0 Å². The fourth-order valence-electron chi connectivity index (χ4n) is 2.00. The average molecular weight is 198 g/mol. The summed E-state index contributed by atoms with van der Waals surface area (Å²) in [4.78, 5) is 0. The van der Waals surface area contributed by atoms with Crippen LogP contribution < -0.4 is 0 Å². The van der Waals surface area contributed by atoms with Crippen LogP contribution in [0.2, 0.25) is 0 Å². The van der Waals surface area contributed by atoms with Crippen LogP contribution in [-0.4, -0.2) is 0 Å². The van der Waals surface area contributed by atoms with Crippen LogP contribution in [0.5, 0.6) is 0 Å². The van der Waals surface area contributed by atoms with Crippen LogP contribution in [0.25, 0.3) is 0 Å². The molecule has 0 bridgehead atoms. The Kier molecular flexibility index (Phi) is 3.52. The van der Waals surface area contributed by atoms with Gasteiger partial charge in [-0.1, -0.05) is 11.1 Å². The Morgan fingerprint density at radius 2 is 1.93 bits per heavy atom. The van der Waals surface area contributed by atoms with Crippen LogP contribution in [0.3, 0.4) is 0 Å². The quantitative estimate of drug-likeness (QED) is 0.367. The van der Waals surface area contributed by atoms with Gasteiger partial charge in [-0.15, -0.1) is 24.2 Å². The number of rotatable bonds is 4. The molecule has 0 saturated heterocycles. The minimum absolute atomic E-state index is 0.869. The minimum atomic E-state index is 0.869. The molecule has 0 spiro atoms. The monoisotopic (exact) mass is 198 g/mol. The van der Waals surface area contributed by atoms with E-state index >= 15 is 0 Å². The molecule has 0 aromatic carbocycles. The molecule has 0 heterocycles. The number of unbranched alkanes of at least 4 members (excludes halogenated alkanes) is 2. The van der Waals surface area contributed by atoms with Crippen LogP contribution >= 0.6 is 0 Å². The van der Waals surface area contributed by atoms with Gasteiger partial charge >= 0.3 is 0 Å². The summed E-state index contributed by atoms with van der Waals surface area (Å²) in [6, 6.07) is 0. The first-order chi connectivity index (χ1) is 7.42. The standard InChI is InChI=1S/C15H18/c1-2-3-4-5-6-7-8-9-14-12-15(14)13-10-11-13/h1,14H,3-5,8-12H2. The van der Waals surface area contributed by atoms with E-state index in [1.807, 2.05) is 0 Å². The zero-order valence-electron chi connectivity index (χ0n) is 9.31. The second-order valence-electron chi connectivity index (χ2n) is 4.48. The third-order valence-electron chi connectivity index (χ3n) is 3.12. The van der Waals surface area contributed by atoms with Crippen molar-refractivity contribution in [1.29, 1.82) is 0 Å². The molecule has 15 heavy (non-hydrogen) atoms. The zero-order chi connectivity index (χ0) is 10.5. The first-order valence-corrected chi connectivity index (χ1v) is 6.02. The van der Waals surface area contributed by atoms with Gasteiger partial charge in [0, 0.05) is 19.3 Å². The smallest absolute Gasteiger partial charge is 0.00977 e. The SMILES string of the molecule is C#CCCCC#CCCC1CC1=C1CC1. The second kappa shape index (κ2) is 5.09. The van der Waals surface area contributed by atoms with Gasteiger partial charge in [-0.2, -0.15) is 0 Å². The number of hydrogen-bond donors (Lipinski definition) is 0. The van der Waals surface area contributed by atoms with E-state index in [1.54, 1.807) is 11.1 Å². The lowest BCUT2D eigenvalue weighted by molar-refractivity contribution is 0.773. The molecule has 0 aromatic heterocycles. The summed E-state index contributed by atoms with van der Waals surface area (Å²) in [6.45, 7) is 0. The molecule has 1 atom stereocenters. The lowest BCUT2D eigenvalue weighted by Crippen LogP contribution is -1.75. The molecule has 2 fully saturated rings. The highest BCUT2D eigenvalue weighted by atomic mass is 14.4. The van der Waals surface area contributed by atoms with Crippen LogP contribution in [0, 0.1) is 30.1 Å². The van der Waals surface area contributed by atoms with Gasteiger partial charge < -0.3 is 0 Å². The summed E-state index contributed by atoms with van der Waals surface area (Å²) in [7, 11) is 0. The highest BCUT2D eigenvalue weighted by Gasteiger charge is 2.34. The third kappa shape index (κ3) is 3.49. The fraction of sp³-hybridized carbons (Fsp3) is 0.600. The normalized spacial score (nSPS) is 21.7. The number of terminal acetylenes is 1. The molecule has 0 heteroatoms. The van der Waals surface area contributed by atoms with Gasteiger partial charge in [0.2, 0.25) is 0 Å². The van der Waals surface area contributed by atoms with E-state index in [0.29, 0.717) is 0 Å². The van der Waals surface area contributed by atoms with Gasteiger partial charge in [0.1, 0.15) is 0 Å². The van der Waals surface area contributed by atoms with E-state index in [2.05, 4.69) is 17.8 Å². The average Bonchev–Trinajstić information content (AvgIpc) is 3.09. The predicted octanol–water partition coefficient (Wildman–Crippen LogP) is 3.68. The molecule has 0 nitrogen and oxygen atoms in total. The molecule has 0 N–H and O–H groups in total. The molecule has 78 valence electrons. The van der Waals surface area contributed by atoms with Gasteiger partial charge in [-0.3, -0.25) is 0 Å². The van der Waals surface area contributed by atoms with Gasteiger partial charge in [-0.05, 0) is 38.0 Å². The summed E-state index contributed by atoms with van der Waals surface area (Å²) < 4.78 is 0. The van der Waals surface area contributed by atoms with Crippen molar-refractivity contribution in [3.63, 3.8) is 0 Å². The van der Waals surface area contributed by atoms with Crippen molar-refractivity contribution < 1.29 is 0 Å². The highest BCUT2D eigenvalue weighted by molar-refractivity contribution is 5.36. The molecule has 0 aromatic rings. The molecule has 0 amide bonds. The topological polar surface area (TPSA) is 0 Å². The van der Waals surface area contributed by atoms with E-state index in [0.717, 1.165) is 31.6 Å². The second-order valence-corrected chi connectivity index (χ2v) is 4.48. The van der Waals surface area contributed by atoms with Gasteiger partial charge in [-0.25, -0.2) is 0 Å². The summed E-state index contributed by atoms with van der Waals surface area (Å²) in [5, 5.41) is 0. The minimum Gasteiger partial charge on any atom is -0.120 e. The van der Waals surface area contributed by atoms with Crippen LogP contribution in [0.1, 0.15) is 51.4 Å². The maximum Gasteiger partial charge on any atom is 0.00977 e. The fourth-order valence-corrected chi connectivity index (χ4v) is 2.00. The largest absolute Gasteiger partial charge is 0.120 e. The summed E-state index contributed by atoms with van der Waals surface area (Å²) >= 11 is 0. The number of allylic oxidation sites excluding steroid dienone is 2. The van der Waals surface area contributed by atoms with Gasteiger partial charge in [0.15, 0.2) is 0 Å². The molecule has 1 unspecified atom stereocenters. The lowest BCUT2D eigenvalue weighted by atomic mass is 10.2. The molecule has 2 aliphatic carbocycles. The Morgan fingerprint density at radius 3 is 2.67 bits per heavy atom. The highest BCUT2D eigenvalue weighted by Crippen LogP contribution is 2.50. The Labute approximate surface area is 93.1 Å². The molecule has 2 aliphatic rings. The van der Waals surface area contributed by atoms with Crippen LogP contribution in [0.15, 0.2) is 11.1 Å². The van der Waals surface area contributed by atoms with E-state index in [9.17, 15) is 0 Å². The molecule has 0 aliphatic heterocycles. The summed E-state index contributed by atoms with van der Waals surface area (Å²) in [5.74, 6) is 10.0. The Hall–Kier alpha value is -1.14. The Morgan fingerprint density at radius 1 is 1.13 bits per heavy atom. The molecular weight excluding hydrogens is 180 g/mol. The van der Waals surface area contributed by atoms with Crippen LogP contribution in [-0.2, 0) is 0 Å². The van der Waals surface area contributed by atoms with E-state index < -0.39 is 0 Å². The van der Waals surface area contributed by atoms with Crippen molar-refractivity contribution in [2.45, 2.75) is 51.4 Å². The van der Waals surface area contributed by atoms with Crippen molar-refractivity contribution in [2.24, 2.45) is 5.92 Å². The van der Waals surface area contributed by atoms with Crippen molar-refractivity contribution in [1.82, 2.24) is 0 Å². The van der Waals surface area contributed by atoms with E-state index in [1.165, 1.54) is 25.7 Å². The Balaban J connectivity index is 1.52. The Bertz CT molecular complexity index is 348.